The number of amides is 1. The third kappa shape index (κ3) is 2.45. The Labute approximate surface area is 117 Å². The number of hydrogen-bond acceptors (Lipinski definition) is 3. The summed E-state index contributed by atoms with van der Waals surface area (Å²) in [6.45, 7) is 0.949. The molecule has 3 N–H and O–H groups in total. The highest BCUT2D eigenvalue weighted by Gasteiger charge is 2.17. The Kier molecular flexibility index (Phi) is 3.29. The van der Waals surface area contributed by atoms with Crippen LogP contribution in [0.5, 0.6) is 5.75 Å². The lowest BCUT2D eigenvalue weighted by atomic mass is 9.97. The monoisotopic (exact) mass is 268 g/mol. The molecule has 0 bridgehead atoms. The summed E-state index contributed by atoms with van der Waals surface area (Å²) in [5, 5.41) is 15.6. The van der Waals surface area contributed by atoms with Gasteiger partial charge in [0.2, 0.25) is 0 Å². The number of phenols is 1. The summed E-state index contributed by atoms with van der Waals surface area (Å²) >= 11 is 0. The number of hydrogen-bond donors (Lipinski definition) is 3. The minimum atomic E-state index is -0.142. The van der Waals surface area contributed by atoms with Crippen molar-refractivity contribution >= 4 is 17.3 Å². The molecule has 0 aliphatic carbocycles. The lowest BCUT2D eigenvalue weighted by Crippen LogP contribution is -2.19. The van der Waals surface area contributed by atoms with Gasteiger partial charge in [-0.15, -0.1) is 0 Å². The second-order valence-electron chi connectivity index (χ2n) is 4.87. The molecule has 0 fully saturated rings. The van der Waals surface area contributed by atoms with E-state index < -0.39 is 0 Å². The molecule has 1 aliphatic heterocycles. The van der Waals surface area contributed by atoms with Crippen molar-refractivity contribution in [1.82, 2.24) is 0 Å². The van der Waals surface area contributed by atoms with E-state index in [0.717, 1.165) is 30.6 Å². The fraction of sp³-hybridized carbons (Fsp3) is 0.188. The van der Waals surface area contributed by atoms with Crippen molar-refractivity contribution < 1.29 is 9.90 Å². The third-order valence-corrected chi connectivity index (χ3v) is 3.44. The van der Waals surface area contributed by atoms with Crippen LogP contribution >= 0.6 is 0 Å². The molecule has 0 saturated heterocycles. The van der Waals surface area contributed by atoms with Gasteiger partial charge < -0.3 is 15.7 Å². The molecule has 0 spiro atoms. The number of phenolic OH excluding ortho intramolecular Hbond substituents is 1. The second-order valence-corrected chi connectivity index (χ2v) is 4.87. The minimum absolute atomic E-state index is 0.138. The van der Waals surface area contributed by atoms with Gasteiger partial charge in [0.25, 0.3) is 5.91 Å². The first-order chi connectivity index (χ1) is 9.74. The maximum Gasteiger partial charge on any atom is 0.256 e. The van der Waals surface area contributed by atoms with Gasteiger partial charge in [0.05, 0.1) is 0 Å². The first-order valence-electron chi connectivity index (χ1n) is 6.70. The fourth-order valence-corrected chi connectivity index (χ4v) is 2.50. The van der Waals surface area contributed by atoms with E-state index in [-0.39, 0.29) is 11.7 Å². The maximum atomic E-state index is 12.4. The molecule has 0 radical (unpaired) electrons. The number of nitrogens with one attached hydrogen (secondary N) is 2. The van der Waals surface area contributed by atoms with Crippen LogP contribution in [0.3, 0.4) is 0 Å². The van der Waals surface area contributed by atoms with Crippen molar-refractivity contribution in [3.05, 3.63) is 53.6 Å². The molecular formula is C16H16N2O2. The van der Waals surface area contributed by atoms with Crippen LogP contribution in [0.25, 0.3) is 0 Å². The predicted octanol–water partition coefficient (Wildman–Crippen LogP) is 3.00. The number of anilines is 2. The van der Waals surface area contributed by atoms with Crippen molar-refractivity contribution in [2.24, 2.45) is 0 Å². The molecule has 102 valence electrons. The third-order valence-electron chi connectivity index (χ3n) is 3.44. The van der Waals surface area contributed by atoms with E-state index in [2.05, 4.69) is 10.6 Å². The Balaban J connectivity index is 1.88. The topological polar surface area (TPSA) is 61.4 Å². The zero-order valence-corrected chi connectivity index (χ0v) is 11.0. The Morgan fingerprint density at radius 3 is 2.90 bits per heavy atom. The van der Waals surface area contributed by atoms with E-state index in [9.17, 15) is 9.90 Å². The van der Waals surface area contributed by atoms with Crippen molar-refractivity contribution in [3.8, 4) is 5.75 Å². The molecule has 3 rings (SSSR count). The highest BCUT2D eigenvalue weighted by Crippen LogP contribution is 2.26. The summed E-state index contributed by atoms with van der Waals surface area (Å²) in [5.41, 5.74) is 3.39. The van der Waals surface area contributed by atoms with Gasteiger partial charge in [0, 0.05) is 29.5 Å². The van der Waals surface area contributed by atoms with Gasteiger partial charge in [-0.1, -0.05) is 12.1 Å². The fourth-order valence-electron chi connectivity index (χ4n) is 2.50. The molecule has 0 atom stereocenters. The first kappa shape index (κ1) is 12.5. The van der Waals surface area contributed by atoms with Crippen molar-refractivity contribution in [3.63, 3.8) is 0 Å². The molecule has 0 saturated carbocycles. The van der Waals surface area contributed by atoms with Crippen molar-refractivity contribution in [1.29, 1.82) is 0 Å². The van der Waals surface area contributed by atoms with Crippen LogP contribution in [0, 0.1) is 0 Å². The highest BCUT2D eigenvalue weighted by atomic mass is 16.3. The summed E-state index contributed by atoms with van der Waals surface area (Å²) in [5.74, 6) is -0.00397. The van der Waals surface area contributed by atoms with Crippen LogP contribution in [0.1, 0.15) is 22.3 Å². The summed E-state index contributed by atoms with van der Waals surface area (Å²) < 4.78 is 0. The van der Waals surface area contributed by atoms with E-state index in [4.69, 9.17) is 0 Å². The highest BCUT2D eigenvalue weighted by molar-refractivity contribution is 6.06. The van der Waals surface area contributed by atoms with Crippen molar-refractivity contribution in [2.75, 3.05) is 17.2 Å². The van der Waals surface area contributed by atoms with Crippen LogP contribution in [-0.4, -0.2) is 17.6 Å². The van der Waals surface area contributed by atoms with E-state index >= 15 is 0 Å². The van der Waals surface area contributed by atoms with Gasteiger partial charge in [-0.05, 0) is 42.7 Å². The molecule has 1 heterocycles. The molecule has 0 unspecified atom stereocenters. The molecule has 4 nitrogen and oxygen atoms in total. The van der Waals surface area contributed by atoms with Gasteiger partial charge >= 0.3 is 0 Å². The number of aromatic hydroxyl groups is 1. The standard InChI is InChI=1S/C16H16N2O2/c19-12-5-1-4-11(10-12)18-16(20)14-6-2-8-15-13(14)7-3-9-17-15/h1-2,4-6,8,10,17,19H,3,7,9H2,(H,18,20). The van der Waals surface area contributed by atoms with Crippen LogP contribution in [0.2, 0.25) is 0 Å². The zero-order valence-electron chi connectivity index (χ0n) is 11.0. The molecule has 1 aliphatic rings. The van der Waals surface area contributed by atoms with Crippen LogP contribution in [0.4, 0.5) is 11.4 Å². The average Bonchev–Trinajstić information content (AvgIpc) is 2.46. The number of fused-ring (bicyclic) bond motifs is 1. The molecule has 2 aromatic carbocycles. The van der Waals surface area contributed by atoms with E-state index in [1.165, 1.54) is 6.07 Å². The van der Waals surface area contributed by atoms with Crippen LogP contribution in [0.15, 0.2) is 42.5 Å². The zero-order chi connectivity index (χ0) is 13.9. The summed E-state index contributed by atoms with van der Waals surface area (Å²) in [6, 6.07) is 12.3. The predicted molar refractivity (Wildman–Crippen MR) is 79.3 cm³/mol. The van der Waals surface area contributed by atoms with Gasteiger partial charge in [-0.3, -0.25) is 4.79 Å². The van der Waals surface area contributed by atoms with Gasteiger partial charge in [0.15, 0.2) is 0 Å². The largest absolute Gasteiger partial charge is 0.508 e. The molecule has 2 aromatic rings. The lowest BCUT2D eigenvalue weighted by molar-refractivity contribution is 0.102. The summed E-state index contributed by atoms with van der Waals surface area (Å²) in [7, 11) is 0. The molecule has 0 aromatic heterocycles. The van der Waals surface area contributed by atoms with Crippen molar-refractivity contribution in [2.45, 2.75) is 12.8 Å². The van der Waals surface area contributed by atoms with E-state index in [1.54, 1.807) is 18.2 Å². The quantitative estimate of drug-likeness (QED) is 0.784. The first-order valence-corrected chi connectivity index (χ1v) is 6.70. The van der Waals surface area contributed by atoms with Gasteiger partial charge in [-0.25, -0.2) is 0 Å². The van der Waals surface area contributed by atoms with E-state index in [1.807, 2.05) is 18.2 Å². The Morgan fingerprint density at radius 1 is 1.20 bits per heavy atom. The molecule has 1 amide bonds. The number of benzene rings is 2. The van der Waals surface area contributed by atoms with Gasteiger partial charge in [0.1, 0.15) is 5.75 Å². The Morgan fingerprint density at radius 2 is 2.05 bits per heavy atom. The Bertz CT molecular complexity index is 653. The maximum absolute atomic E-state index is 12.4. The van der Waals surface area contributed by atoms with Gasteiger partial charge in [-0.2, -0.15) is 0 Å². The molecule has 20 heavy (non-hydrogen) atoms. The summed E-state index contributed by atoms with van der Waals surface area (Å²) in [6.07, 6.45) is 1.94. The number of carbonyl (C=O) groups is 1. The van der Waals surface area contributed by atoms with Crippen LogP contribution in [-0.2, 0) is 6.42 Å². The van der Waals surface area contributed by atoms with Crippen LogP contribution < -0.4 is 10.6 Å². The normalized spacial score (nSPS) is 13.2. The lowest BCUT2D eigenvalue weighted by Gasteiger charge is -2.20. The molecule has 4 heteroatoms. The number of carbonyl (C=O) groups excluding carboxylic acids is 1. The van der Waals surface area contributed by atoms with E-state index in [0.29, 0.717) is 11.3 Å². The Hall–Kier alpha value is -2.49. The summed E-state index contributed by atoms with van der Waals surface area (Å²) in [4.78, 5) is 12.4. The SMILES string of the molecule is O=C(Nc1cccc(O)c1)c1cccc2c1CCCN2. The number of rotatable bonds is 2. The molecular weight excluding hydrogens is 252 g/mol. The minimum Gasteiger partial charge on any atom is -0.508 e. The average molecular weight is 268 g/mol. The smallest absolute Gasteiger partial charge is 0.256 e. The second kappa shape index (κ2) is 5.25.